The molecule has 15 heavy (non-hydrogen) atoms. The van der Waals surface area contributed by atoms with E-state index in [1.807, 2.05) is 6.92 Å². The van der Waals surface area contributed by atoms with Crippen molar-refractivity contribution in [2.75, 3.05) is 7.11 Å². The molecular weight excluding hydrogens is 186 g/mol. The van der Waals surface area contributed by atoms with Gasteiger partial charge in [0.1, 0.15) is 5.75 Å². The largest absolute Gasteiger partial charge is 0.496 e. The average Bonchev–Trinajstić information content (AvgIpc) is 2.14. The van der Waals surface area contributed by atoms with Crippen molar-refractivity contribution in [2.24, 2.45) is 5.73 Å². The second-order valence-electron chi connectivity index (χ2n) is 4.28. The van der Waals surface area contributed by atoms with Crippen molar-refractivity contribution in [1.82, 2.24) is 0 Å². The third kappa shape index (κ3) is 3.24. The van der Waals surface area contributed by atoms with Crippen molar-refractivity contribution in [3.05, 3.63) is 28.8 Å². The Morgan fingerprint density at radius 3 is 2.20 bits per heavy atom. The Morgan fingerprint density at radius 1 is 1.27 bits per heavy atom. The van der Waals surface area contributed by atoms with Gasteiger partial charge in [-0.05, 0) is 50.3 Å². The van der Waals surface area contributed by atoms with Gasteiger partial charge in [-0.1, -0.05) is 12.1 Å². The first-order valence-electron chi connectivity index (χ1n) is 5.44. The molecule has 0 aliphatic heterocycles. The molecule has 0 bridgehead atoms. The second kappa shape index (κ2) is 5.17. The zero-order chi connectivity index (χ0) is 11.4. The number of methoxy groups -OCH3 is 1. The first kappa shape index (κ1) is 12.1. The summed E-state index contributed by atoms with van der Waals surface area (Å²) in [6.45, 7) is 6.21. The van der Waals surface area contributed by atoms with E-state index in [4.69, 9.17) is 10.5 Å². The zero-order valence-corrected chi connectivity index (χ0v) is 10.1. The first-order valence-corrected chi connectivity index (χ1v) is 5.44. The highest BCUT2D eigenvalue weighted by Crippen LogP contribution is 2.24. The Kier molecular flexibility index (Phi) is 4.15. The summed E-state index contributed by atoms with van der Waals surface area (Å²) in [4.78, 5) is 0. The number of hydrogen-bond donors (Lipinski definition) is 1. The van der Waals surface area contributed by atoms with Crippen LogP contribution in [0.15, 0.2) is 12.1 Å². The molecule has 0 unspecified atom stereocenters. The molecule has 0 fully saturated rings. The highest BCUT2D eigenvalue weighted by molar-refractivity contribution is 5.43. The van der Waals surface area contributed by atoms with Crippen LogP contribution in [0.3, 0.4) is 0 Å². The third-order valence-electron chi connectivity index (χ3n) is 2.61. The molecule has 84 valence electrons. The van der Waals surface area contributed by atoms with Gasteiger partial charge in [0.25, 0.3) is 0 Å². The van der Waals surface area contributed by atoms with Crippen LogP contribution in [0.2, 0.25) is 0 Å². The van der Waals surface area contributed by atoms with E-state index in [1.54, 1.807) is 7.11 Å². The molecule has 1 aromatic carbocycles. The summed E-state index contributed by atoms with van der Waals surface area (Å²) in [7, 11) is 1.72. The number of ether oxygens (including phenoxy) is 1. The summed E-state index contributed by atoms with van der Waals surface area (Å²) in [5, 5.41) is 0. The molecule has 0 radical (unpaired) electrons. The van der Waals surface area contributed by atoms with E-state index in [-0.39, 0.29) is 6.04 Å². The maximum absolute atomic E-state index is 5.75. The van der Waals surface area contributed by atoms with Crippen LogP contribution in [0.5, 0.6) is 5.75 Å². The van der Waals surface area contributed by atoms with Crippen molar-refractivity contribution in [3.63, 3.8) is 0 Å². The van der Waals surface area contributed by atoms with Gasteiger partial charge in [0.15, 0.2) is 0 Å². The molecule has 1 atom stereocenters. The fourth-order valence-electron chi connectivity index (χ4n) is 1.90. The second-order valence-corrected chi connectivity index (χ2v) is 4.28. The Hall–Kier alpha value is -1.02. The van der Waals surface area contributed by atoms with Crippen molar-refractivity contribution in [1.29, 1.82) is 0 Å². The van der Waals surface area contributed by atoms with E-state index in [2.05, 4.69) is 26.0 Å². The minimum atomic E-state index is 0.271. The molecule has 1 aromatic rings. The number of aryl methyl sites for hydroxylation is 3. The summed E-state index contributed by atoms with van der Waals surface area (Å²) < 4.78 is 5.33. The van der Waals surface area contributed by atoms with Gasteiger partial charge >= 0.3 is 0 Å². The molecular formula is C13H21NO. The molecule has 2 nitrogen and oxygen atoms in total. The summed E-state index contributed by atoms with van der Waals surface area (Å²) in [6, 6.07) is 4.65. The van der Waals surface area contributed by atoms with E-state index >= 15 is 0 Å². The Morgan fingerprint density at radius 2 is 1.80 bits per heavy atom. The minimum absolute atomic E-state index is 0.271. The summed E-state index contributed by atoms with van der Waals surface area (Å²) in [6.07, 6.45) is 2.08. The Bertz CT molecular complexity index is 308. The van der Waals surface area contributed by atoms with Crippen LogP contribution in [-0.2, 0) is 6.42 Å². The lowest BCUT2D eigenvalue weighted by atomic mass is 10.0. The predicted octanol–water partition coefficient (Wildman–Crippen LogP) is 2.59. The van der Waals surface area contributed by atoms with Gasteiger partial charge in [-0.2, -0.15) is 0 Å². The van der Waals surface area contributed by atoms with Crippen molar-refractivity contribution >= 4 is 0 Å². The molecule has 0 aromatic heterocycles. The maximum atomic E-state index is 5.75. The fraction of sp³-hybridized carbons (Fsp3) is 0.538. The Balaban J connectivity index is 2.84. The molecule has 0 saturated heterocycles. The summed E-state index contributed by atoms with van der Waals surface area (Å²) in [5.41, 5.74) is 9.51. The van der Waals surface area contributed by atoms with Crippen LogP contribution < -0.4 is 10.5 Å². The molecule has 0 heterocycles. The molecule has 0 spiro atoms. The van der Waals surface area contributed by atoms with Gasteiger partial charge in [-0.3, -0.25) is 0 Å². The molecule has 2 heteroatoms. The SMILES string of the molecule is COc1c(C)cc(CC[C@H](C)N)cc1C. The average molecular weight is 207 g/mol. The molecule has 0 aliphatic rings. The Labute approximate surface area is 92.4 Å². The lowest BCUT2D eigenvalue weighted by Gasteiger charge is -2.12. The number of benzene rings is 1. The van der Waals surface area contributed by atoms with Gasteiger partial charge in [-0.15, -0.1) is 0 Å². The fourth-order valence-corrected chi connectivity index (χ4v) is 1.90. The smallest absolute Gasteiger partial charge is 0.124 e. The monoisotopic (exact) mass is 207 g/mol. The first-order chi connectivity index (χ1) is 7.04. The van der Waals surface area contributed by atoms with E-state index in [1.165, 1.54) is 16.7 Å². The van der Waals surface area contributed by atoms with Gasteiger partial charge < -0.3 is 10.5 Å². The van der Waals surface area contributed by atoms with Crippen LogP contribution in [0.4, 0.5) is 0 Å². The van der Waals surface area contributed by atoms with Gasteiger partial charge in [0, 0.05) is 6.04 Å². The lowest BCUT2D eigenvalue weighted by Crippen LogP contribution is -2.15. The van der Waals surface area contributed by atoms with Crippen molar-refractivity contribution in [2.45, 2.75) is 39.7 Å². The van der Waals surface area contributed by atoms with Crippen molar-refractivity contribution < 1.29 is 4.74 Å². The van der Waals surface area contributed by atoms with Crippen LogP contribution >= 0.6 is 0 Å². The van der Waals surface area contributed by atoms with Gasteiger partial charge in [0.05, 0.1) is 7.11 Å². The van der Waals surface area contributed by atoms with E-state index in [0.717, 1.165) is 18.6 Å². The summed E-state index contributed by atoms with van der Waals surface area (Å²) >= 11 is 0. The quantitative estimate of drug-likeness (QED) is 0.823. The molecule has 1 rings (SSSR count). The predicted molar refractivity (Wildman–Crippen MR) is 64.4 cm³/mol. The van der Waals surface area contributed by atoms with Crippen LogP contribution in [-0.4, -0.2) is 13.2 Å². The van der Waals surface area contributed by atoms with Gasteiger partial charge in [-0.25, -0.2) is 0 Å². The number of nitrogens with two attached hydrogens (primary N) is 1. The topological polar surface area (TPSA) is 35.2 Å². The van der Waals surface area contributed by atoms with Crippen LogP contribution in [0, 0.1) is 13.8 Å². The normalized spacial score (nSPS) is 12.6. The van der Waals surface area contributed by atoms with Crippen LogP contribution in [0.25, 0.3) is 0 Å². The maximum Gasteiger partial charge on any atom is 0.124 e. The standard InChI is InChI=1S/C13H21NO/c1-9-7-12(6-5-11(3)14)8-10(2)13(9)15-4/h7-8,11H,5-6,14H2,1-4H3/t11-/m0/s1. The van der Waals surface area contributed by atoms with E-state index in [0.29, 0.717) is 0 Å². The molecule has 0 aliphatic carbocycles. The van der Waals surface area contributed by atoms with E-state index in [9.17, 15) is 0 Å². The number of rotatable bonds is 4. The van der Waals surface area contributed by atoms with E-state index < -0.39 is 0 Å². The highest BCUT2D eigenvalue weighted by atomic mass is 16.5. The van der Waals surface area contributed by atoms with Crippen LogP contribution in [0.1, 0.15) is 30.0 Å². The summed E-state index contributed by atoms with van der Waals surface area (Å²) in [5.74, 6) is 1.000. The molecule has 0 amide bonds. The third-order valence-corrected chi connectivity index (χ3v) is 2.61. The molecule has 2 N–H and O–H groups in total. The zero-order valence-electron chi connectivity index (χ0n) is 10.1. The molecule has 0 saturated carbocycles. The van der Waals surface area contributed by atoms with Gasteiger partial charge in [0.2, 0.25) is 0 Å². The van der Waals surface area contributed by atoms with Crippen molar-refractivity contribution in [3.8, 4) is 5.75 Å². The lowest BCUT2D eigenvalue weighted by molar-refractivity contribution is 0.408. The highest BCUT2D eigenvalue weighted by Gasteiger charge is 2.05. The number of hydrogen-bond acceptors (Lipinski definition) is 2. The minimum Gasteiger partial charge on any atom is -0.496 e.